The van der Waals surface area contributed by atoms with Gasteiger partial charge in [0.05, 0.1) is 0 Å². The number of carbonyl (C=O) groups is 1. The Bertz CT molecular complexity index is 572. The fraction of sp³-hybridized carbons (Fsp3) is 0.235. The molecule has 0 aliphatic carbocycles. The number of rotatable bonds is 4. The van der Waals surface area contributed by atoms with Crippen LogP contribution in [0.3, 0.4) is 0 Å². The third-order valence-electron chi connectivity index (χ3n) is 3.38. The maximum atomic E-state index is 12.3. The number of nitrogens with two attached hydrogens (primary N) is 1. The number of hydrogen-bond acceptors (Lipinski definition) is 2. The van der Waals surface area contributed by atoms with E-state index in [1.807, 2.05) is 55.5 Å². The van der Waals surface area contributed by atoms with Crippen molar-refractivity contribution in [2.75, 3.05) is 6.54 Å². The summed E-state index contributed by atoms with van der Waals surface area (Å²) in [4.78, 5) is 12.3. The minimum atomic E-state index is 0.0654. The van der Waals surface area contributed by atoms with Gasteiger partial charge in [-0.05, 0) is 31.0 Å². The Labute approximate surface area is 114 Å². The second-order valence-electron chi connectivity index (χ2n) is 4.96. The lowest BCUT2D eigenvalue weighted by Crippen LogP contribution is -2.09. The molecule has 0 bridgehead atoms. The van der Waals surface area contributed by atoms with Gasteiger partial charge in [-0.2, -0.15) is 0 Å². The average molecular weight is 253 g/mol. The summed E-state index contributed by atoms with van der Waals surface area (Å²) in [5, 5.41) is 0. The molecule has 0 saturated heterocycles. The van der Waals surface area contributed by atoms with Gasteiger partial charge in [0, 0.05) is 11.1 Å². The van der Waals surface area contributed by atoms with Crippen molar-refractivity contribution in [2.45, 2.75) is 19.8 Å². The van der Waals surface area contributed by atoms with Gasteiger partial charge in [-0.15, -0.1) is 0 Å². The first-order chi connectivity index (χ1) is 9.11. The van der Waals surface area contributed by atoms with Crippen LogP contribution in [0.4, 0.5) is 0 Å². The Kier molecular flexibility index (Phi) is 4.13. The smallest absolute Gasteiger partial charge is 0.193 e. The molecule has 19 heavy (non-hydrogen) atoms. The van der Waals surface area contributed by atoms with Crippen LogP contribution >= 0.6 is 0 Å². The van der Waals surface area contributed by atoms with Crippen LogP contribution in [-0.2, 0) is 0 Å². The molecule has 0 aromatic heterocycles. The van der Waals surface area contributed by atoms with Crippen molar-refractivity contribution in [1.29, 1.82) is 0 Å². The highest BCUT2D eigenvalue weighted by Gasteiger charge is 2.10. The summed E-state index contributed by atoms with van der Waals surface area (Å²) in [5.74, 6) is 0.388. The van der Waals surface area contributed by atoms with Gasteiger partial charge in [-0.3, -0.25) is 4.79 Å². The molecule has 2 heteroatoms. The molecular weight excluding hydrogens is 234 g/mol. The van der Waals surface area contributed by atoms with E-state index in [4.69, 9.17) is 5.73 Å². The number of aryl methyl sites for hydroxylation is 1. The van der Waals surface area contributed by atoms with E-state index in [2.05, 4.69) is 6.92 Å². The SMILES string of the molecule is Cc1cccc(C(=O)c2ccc(C(C)CN)cc2)c1. The van der Waals surface area contributed by atoms with Crippen molar-refractivity contribution >= 4 is 5.78 Å². The van der Waals surface area contributed by atoms with E-state index < -0.39 is 0 Å². The van der Waals surface area contributed by atoms with Gasteiger partial charge in [-0.1, -0.05) is 55.0 Å². The summed E-state index contributed by atoms with van der Waals surface area (Å²) in [6.45, 7) is 4.69. The zero-order chi connectivity index (χ0) is 13.8. The molecule has 0 radical (unpaired) electrons. The summed E-state index contributed by atoms with van der Waals surface area (Å²) < 4.78 is 0. The Morgan fingerprint density at radius 1 is 1.11 bits per heavy atom. The zero-order valence-corrected chi connectivity index (χ0v) is 11.4. The lowest BCUT2D eigenvalue weighted by molar-refractivity contribution is 0.103. The largest absolute Gasteiger partial charge is 0.330 e. The van der Waals surface area contributed by atoms with Crippen molar-refractivity contribution < 1.29 is 4.79 Å². The Balaban J connectivity index is 2.25. The van der Waals surface area contributed by atoms with Crippen LogP contribution in [0.1, 0.15) is 39.9 Å². The summed E-state index contributed by atoms with van der Waals surface area (Å²) >= 11 is 0. The molecule has 1 atom stereocenters. The summed E-state index contributed by atoms with van der Waals surface area (Å²) in [6, 6.07) is 15.4. The first-order valence-electron chi connectivity index (χ1n) is 6.53. The normalized spacial score (nSPS) is 12.2. The highest BCUT2D eigenvalue weighted by molar-refractivity contribution is 6.09. The fourth-order valence-electron chi connectivity index (χ4n) is 2.05. The Morgan fingerprint density at radius 2 is 1.79 bits per heavy atom. The quantitative estimate of drug-likeness (QED) is 0.850. The third kappa shape index (κ3) is 3.09. The first-order valence-corrected chi connectivity index (χ1v) is 6.53. The van der Waals surface area contributed by atoms with E-state index in [-0.39, 0.29) is 5.78 Å². The van der Waals surface area contributed by atoms with Crippen LogP contribution < -0.4 is 5.73 Å². The molecule has 0 amide bonds. The van der Waals surface area contributed by atoms with Gasteiger partial charge < -0.3 is 5.73 Å². The molecule has 98 valence electrons. The Morgan fingerprint density at radius 3 is 2.37 bits per heavy atom. The molecule has 2 aromatic rings. The van der Waals surface area contributed by atoms with Gasteiger partial charge in [0.25, 0.3) is 0 Å². The van der Waals surface area contributed by atoms with Crippen molar-refractivity contribution in [1.82, 2.24) is 0 Å². The van der Waals surface area contributed by atoms with Gasteiger partial charge in [-0.25, -0.2) is 0 Å². The van der Waals surface area contributed by atoms with E-state index in [0.717, 1.165) is 16.7 Å². The van der Waals surface area contributed by atoms with Crippen LogP contribution in [0, 0.1) is 6.92 Å². The van der Waals surface area contributed by atoms with Gasteiger partial charge in [0.15, 0.2) is 5.78 Å². The second-order valence-corrected chi connectivity index (χ2v) is 4.96. The van der Waals surface area contributed by atoms with Gasteiger partial charge >= 0.3 is 0 Å². The topological polar surface area (TPSA) is 43.1 Å². The molecule has 2 nitrogen and oxygen atoms in total. The summed E-state index contributed by atoms with van der Waals surface area (Å²) in [6.07, 6.45) is 0. The van der Waals surface area contributed by atoms with Crippen molar-refractivity contribution in [3.05, 3.63) is 70.8 Å². The maximum absolute atomic E-state index is 12.3. The molecule has 0 aliphatic rings. The number of benzene rings is 2. The van der Waals surface area contributed by atoms with E-state index in [9.17, 15) is 4.79 Å². The van der Waals surface area contributed by atoms with Gasteiger partial charge in [0.2, 0.25) is 0 Å². The molecule has 1 unspecified atom stereocenters. The molecule has 0 spiro atoms. The minimum absolute atomic E-state index is 0.0654. The van der Waals surface area contributed by atoms with E-state index >= 15 is 0 Å². The van der Waals surface area contributed by atoms with Crippen LogP contribution in [0.15, 0.2) is 48.5 Å². The molecule has 2 N–H and O–H groups in total. The monoisotopic (exact) mass is 253 g/mol. The molecule has 0 saturated carbocycles. The van der Waals surface area contributed by atoms with Crippen LogP contribution in [0.2, 0.25) is 0 Å². The predicted molar refractivity (Wildman–Crippen MR) is 78.5 cm³/mol. The van der Waals surface area contributed by atoms with E-state index in [0.29, 0.717) is 12.5 Å². The van der Waals surface area contributed by atoms with Crippen LogP contribution in [0.5, 0.6) is 0 Å². The number of ketones is 1. The van der Waals surface area contributed by atoms with Crippen molar-refractivity contribution in [3.8, 4) is 0 Å². The van der Waals surface area contributed by atoms with Crippen LogP contribution in [0.25, 0.3) is 0 Å². The summed E-state index contributed by atoms with van der Waals surface area (Å²) in [7, 11) is 0. The zero-order valence-electron chi connectivity index (χ0n) is 11.4. The standard InChI is InChI=1S/C17H19NO/c1-12-4-3-5-16(10-12)17(19)15-8-6-14(7-9-15)13(2)11-18/h3-10,13H,11,18H2,1-2H3. The molecule has 2 rings (SSSR count). The summed E-state index contributed by atoms with van der Waals surface area (Å²) in [5.41, 5.74) is 9.37. The number of hydrogen-bond donors (Lipinski definition) is 1. The lowest BCUT2D eigenvalue weighted by atomic mass is 9.96. The molecule has 0 aliphatic heterocycles. The van der Waals surface area contributed by atoms with Gasteiger partial charge in [0.1, 0.15) is 0 Å². The Hall–Kier alpha value is -1.93. The maximum Gasteiger partial charge on any atom is 0.193 e. The molecule has 2 aromatic carbocycles. The highest BCUT2D eigenvalue weighted by Crippen LogP contribution is 2.17. The average Bonchev–Trinajstić information content (AvgIpc) is 2.46. The van der Waals surface area contributed by atoms with Crippen molar-refractivity contribution in [3.63, 3.8) is 0 Å². The van der Waals surface area contributed by atoms with Crippen LogP contribution in [-0.4, -0.2) is 12.3 Å². The highest BCUT2D eigenvalue weighted by atomic mass is 16.1. The van der Waals surface area contributed by atoms with E-state index in [1.165, 1.54) is 5.56 Å². The molecule has 0 fully saturated rings. The van der Waals surface area contributed by atoms with Crippen molar-refractivity contribution in [2.24, 2.45) is 5.73 Å². The molecular formula is C17H19NO. The van der Waals surface area contributed by atoms with E-state index in [1.54, 1.807) is 0 Å². The first kappa shape index (κ1) is 13.5. The number of carbonyl (C=O) groups excluding carboxylic acids is 1. The fourth-order valence-corrected chi connectivity index (χ4v) is 2.05. The second kappa shape index (κ2) is 5.81. The minimum Gasteiger partial charge on any atom is -0.330 e. The predicted octanol–water partition coefficient (Wildman–Crippen LogP) is 3.29. The third-order valence-corrected chi connectivity index (χ3v) is 3.38. The lowest BCUT2D eigenvalue weighted by Gasteiger charge is -2.09. The molecule has 0 heterocycles.